The van der Waals surface area contributed by atoms with E-state index in [0.29, 0.717) is 0 Å². The van der Waals surface area contributed by atoms with Crippen LogP contribution >= 0.6 is 0 Å². The first-order chi connectivity index (χ1) is 6.09. The van der Waals surface area contributed by atoms with E-state index in [1.54, 1.807) is 6.20 Å². The van der Waals surface area contributed by atoms with Crippen molar-refractivity contribution in [3.8, 4) is 0 Å². The van der Waals surface area contributed by atoms with Gasteiger partial charge in [-0.3, -0.25) is 4.98 Å². The molecular weight excluding hydrogens is 160 g/mol. The van der Waals surface area contributed by atoms with Crippen molar-refractivity contribution < 1.29 is 0 Å². The minimum Gasteiger partial charge on any atom is -0.319 e. The lowest BCUT2D eigenvalue weighted by Crippen LogP contribution is -2.09. The predicted octanol–water partition coefficient (Wildman–Crippen LogP) is 2.36. The van der Waals surface area contributed by atoms with Gasteiger partial charge in [-0.05, 0) is 38.5 Å². The molecule has 0 saturated carbocycles. The molecule has 0 aliphatic rings. The first kappa shape index (κ1) is 9.93. The normalized spacial score (nSPS) is 12.3. The summed E-state index contributed by atoms with van der Waals surface area (Å²) >= 11 is 0. The maximum atomic E-state index is 5.93. The molecule has 1 rings (SSSR count). The molecule has 0 fully saturated rings. The first-order valence-electron chi connectivity index (χ1n) is 4.43. The van der Waals surface area contributed by atoms with Crippen LogP contribution in [0.3, 0.4) is 0 Å². The highest BCUT2D eigenvalue weighted by Gasteiger charge is 2.02. The van der Waals surface area contributed by atoms with Crippen molar-refractivity contribution in [3.05, 3.63) is 41.2 Å². The lowest BCUT2D eigenvalue weighted by Gasteiger charge is -2.07. The van der Waals surface area contributed by atoms with E-state index in [0.717, 1.165) is 5.69 Å². The molecule has 0 aromatic carbocycles. The van der Waals surface area contributed by atoms with Crippen LogP contribution in [0.5, 0.6) is 0 Å². The molecule has 13 heavy (non-hydrogen) atoms. The molecule has 0 aliphatic heterocycles. The monoisotopic (exact) mass is 176 g/mol. The smallest absolute Gasteiger partial charge is 0.0658 e. The van der Waals surface area contributed by atoms with E-state index in [-0.39, 0.29) is 6.04 Å². The summed E-state index contributed by atoms with van der Waals surface area (Å²) in [4.78, 5) is 4.22. The van der Waals surface area contributed by atoms with Gasteiger partial charge in [-0.15, -0.1) is 0 Å². The summed E-state index contributed by atoms with van der Waals surface area (Å²) in [7, 11) is 0. The molecule has 70 valence electrons. The fraction of sp³-hybridized carbons (Fsp3) is 0.364. The van der Waals surface area contributed by atoms with E-state index in [1.165, 1.54) is 11.1 Å². The number of allylic oxidation sites excluding steroid dienone is 1. The fourth-order valence-corrected chi connectivity index (χ4v) is 1.19. The SMILES string of the molecule is CC(C)=CC(N)c1cc(C)ccn1. The summed E-state index contributed by atoms with van der Waals surface area (Å²) < 4.78 is 0. The topological polar surface area (TPSA) is 38.9 Å². The van der Waals surface area contributed by atoms with Gasteiger partial charge in [0, 0.05) is 6.20 Å². The predicted molar refractivity (Wildman–Crippen MR) is 55.3 cm³/mol. The second-order valence-electron chi connectivity index (χ2n) is 3.53. The Kier molecular flexibility index (Phi) is 3.20. The second-order valence-corrected chi connectivity index (χ2v) is 3.53. The second kappa shape index (κ2) is 4.19. The van der Waals surface area contributed by atoms with Crippen LogP contribution in [0.15, 0.2) is 30.0 Å². The van der Waals surface area contributed by atoms with Gasteiger partial charge in [-0.25, -0.2) is 0 Å². The van der Waals surface area contributed by atoms with Gasteiger partial charge < -0.3 is 5.73 Å². The molecule has 1 heterocycles. The molecule has 0 saturated heterocycles. The Morgan fingerprint density at radius 2 is 2.23 bits per heavy atom. The molecule has 2 heteroatoms. The standard InChI is InChI=1S/C11H16N2/c1-8(2)6-10(12)11-7-9(3)4-5-13-11/h4-7,10H,12H2,1-3H3. The van der Waals surface area contributed by atoms with Gasteiger partial charge in [0.05, 0.1) is 11.7 Å². The lowest BCUT2D eigenvalue weighted by molar-refractivity contribution is 0.850. The summed E-state index contributed by atoms with van der Waals surface area (Å²) in [5, 5.41) is 0. The molecule has 0 aliphatic carbocycles. The van der Waals surface area contributed by atoms with Gasteiger partial charge in [0.15, 0.2) is 0 Å². The van der Waals surface area contributed by atoms with Crippen LogP contribution in [0.2, 0.25) is 0 Å². The fourth-order valence-electron chi connectivity index (χ4n) is 1.19. The average molecular weight is 176 g/mol. The maximum absolute atomic E-state index is 5.93. The van der Waals surface area contributed by atoms with Crippen molar-refractivity contribution >= 4 is 0 Å². The summed E-state index contributed by atoms with van der Waals surface area (Å²) in [5.41, 5.74) is 9.27. The number of rotatable bonds is 2. The zero-order valence-electron chi connectivity index (χ0n) is 8.41. The van der Waals surface area contributed by atoms with Crippen LogP contribution in [0.1, 0.15) is 31.1 Å². The third kappa shape index (κ3) is 2.99. The number of hydrogen-bond donors (Lipinski definition) is 1. The number of pyridine rings is 1. The largest absolute Gasteiger partial charge is 0.319 e. The van der Waals surface area contributed by atoms with E-state index < -0.39 is 0 Å². The molecule has 0 radical (unpaired) electrons. The zero-order valence-corrected chi connectivity index (χ0v) is 8.41. The Hall–Kier alpha value is -1.15. The van der Waals surface area contributed by atoms with Gasteiger partial charge in [0.25, 0.3) is 0 Å². The summed E-state index contributed by atoms with van der Waals surface area (Å²) in [6, 6.07) is 3.91. The van der Waals surface area contributed by atoms with Gasteiger partial charge in [-0.2, -0.15) is 0 Å². The van der Waals surface area contributed by atoms with E-state index in [9.17, 15) is 0 Å². The van der Waals surface area contributed by atoms with Crippen LogP contribution in [0.25, 0.3) is 0 Å². The number of nitrogens with zero attached hydrogens (tertiary/aromatic N) is 1. The molecule has 2 nitrogen and oxygen atoms in total. The van der Waals surface area contributed by atoms with E-state index in [4.69, 9.17) is 5.73 Å². The van der Waals surface area contributed by atoms with Crippen LogP contribution < -0.4 is 5.73 Å². The third-order valence-electron chi connectivity index (χ3n) is 1.79. The number of aromatic nitrogens is 1. The molecule has 1 unspecified atom stereocenters. The Morgan fingerprint density at radius 1 is 1.54 bits per heavy atom. The van der Waals surface area contributed by atoms with Crippen molar-refractivity contribution in [3.63, 3.8) is 0 Å². The van der Waals surface area contributed by atoms with Crippen molar-refractivity contribution in [1.29, 1.82) is 0 Å². The van der Waals surface area contributed by atoms with Crippen LogP contribution in [-0.4, -0.2) is 4.98 Å². The first-order valence-corrected chi connectivity index (χ1v) is 4.43. The van der Waals surface area contributed by atoms with Crippen molar-refractivity contribution in [2.45, 2.75) is 26.8 Å². The summed E-state index contributed by atoms with van der Waals surface area (Å²) in [5.74, 6) is 0. The molecule has 1 aromatic rings. The lowest BCUT2D eigenvalue weighted by atomic mass is 10.1. The molecule has 0 spiro atoms. The van der Waals surface area contributed by atoms with Crippen molar-refractivity contribution in [1.82, 2.24) is 4.98 Å². The van der Waals surface area contributed by atoms with Crippen LogP contribution in [-0.2, 0) is 0 Å². The number of hydrogen-bond acceptors (Lipinski definition) is 2. The third-order valence-corrected chi connectivity index (χ3v) is 1.79. The quantitative estimate of drug-likeness (QED) is 0.702. The van der Waals surface area contributed by atoms with Gasteiger partial charge in [0.2, 0.25) is 0 Å². The molecule has 0 bridgehead atoms. The summed E-state index contributed by atoms with van der Waals surface area (Å²) in [6.45, 7) is 6.12. The molecule has 0 amide bonds. The van der Waals surface area contributed by atoms with Crippen molar-refractivity contribution in [2.75, 3.05) is 0 Å². The highest BCUT2D eigenvalue weighted by Crippen LogP contribution is 2.11. The van der Waals surface area contributed by atoms with Gasteiger partial charge in [-0.1, -0.05) is 11.6 Å². The minimum atomic E-state index is -0.0788. The van der Waals surface area contributed by atoms with E-state index in [1.807, 2.05) is 39.0 Å². The van der Waals surface area contributed by atoms with Crippen LogP contribution in [0, 0.1) is 6.92 Å². The van der Waals surface area contributed by atoms with Crippen LogP contribution in [0.4, 0.5) is 0 Å². The highest BCUT2D eigenvalue weighted by molar-refractivity contribution is 5.21. The average Bonchev–Trinajstić information content (AvgIpc) is 2.03. The Labute approximate surface area is 79.5 Å². The van der Waals surface area contributed by atoms with E-state index >= 15 is 0 Å². The maximum Gasteiger partial charge on any atom is 0.0658 e. The van der Waals surface area contributed by atoms with E-state index in [2.05, 4.69) is 4.98 Å². The van der Waals surface area contributed by atoms with Gasteiger partial charge in [0.1, 0.15) is 0 Å². The van der Waals surface area contributed by atoms with Crippen molar-refractivity contribution in [2.24, 2.45) is 5.73 Å². The highest BCUT2D eigenvalue weighted by atomic mass is 14.8. The molecule has 2 N–H and O–H groups in total. The Balaban J connectivity index is 2.89. The molecule has 1 atom stereocenters. The summed E-state index contributed by atoms with van der Waals surface area (Å²) in [6.07, 6.45) is 3.81. The Morgan fingerprint density at radius 3 is 2.77 bits per heavy atom. The number of nitrogens with two attached hydrogens (primary N) is 1. The number of aryl methyl sites for hydroxylation is 1. The Bertz CT molecular complexity index is 312. The molecular formula is C11H16N2. The molecule has 1 aromatic heterocycles. The minimum absolute atomic E-state index is 0.0788. The van der Waals surface area contributed by atoms with Gasteiger partial charge >= 0.3 is 0 Å². The zero-order chi connectivity index (χ0) is 9.84.